The van der Waals surface area contributed by atoms with Gasteiger partial charge in [0, 0.05) is 15.7 Å². The highest BCUT2D eigenvalue weighted by Crippen LogP contribution is 2.22. The number of halogens is 1. The summed E-state index contributed by atoms with van der Waals surface area (Å²) in [5, 5.41) is 2.65. The summed E-state index contributed by atoms with van der Waals surface area (Å²) in [6.45, 7) is 2.03. The molecular weight excluding hydrogens is 380 g/mol. The monoisotopic (exact) mass is 394 g/mol. The van der Waals surface area contributed by atoms with Crippen molar-refractivity contribution in [2.45, 2.75) is 6.92 Å². The van der Waals surface area contributed by atoms with Crippen LogP contribution in [0.4, 0.5) is 0 Å². The van der Waals surface area contributed by atoms with E-state index in [1.54, 1.807) is 22.6 Å². The van der Waals surface area contributed by atoms with Gasteiger partial charge in [-0.15, -0.1) is 6.42 Å². The number of carbonyl (C=O) groups is 2. The number of terminal acetylenes is 1. The number of hydrogen-bond acceptors (Lipinski definition) is 2. The van der Waals surface area contributed by atoms with Gasteiger partial charge in [0.05, 0.1) is 23.3 Å². The van der Waals surface area contributed by atoms with E-state index in [-0.39, 0.29) is 18.2 Å². The molecule has 4 nitrogen and oxygen atoms in total. The number of hydrogen-bond donors (Lipinski definition) is 1. The number of aromatic nitrogens is 1. The van der Waals surface area contributed by atoms with Gasteiger partial charge < -0.3 is 9.72 Å². The Morgan fingerprint density at radius 1 is 1.20 bits per heavy atom. The summed E-state index contributed by atoms with van der Waals surface area (Å²) in [6, 6.07) is 14.3. The fourth-order valence-corrected chi connectivity index (χ4v) is 3.01. The van der Waals surface area contributed by atoms with Gasteiger partial charge in [0.15, 0.2) is 0 Å². The predicted octanol–water partition coefficient (Wildman–Crippen LogP) is 3.60. The van der Waals surface area contributed by atoms with E-state index >= 15 is 0 Å². The molecular formula is C20H15BrN2O2. The summed E-state index contributed by atoms with van der Waals surface area (Å²) in [6.07, 6.45) is 5.21. The van der Waals surface area contributed by atoms with Gasteiger partial charge in [-0.1, -0.05) is 27.9 Å². The molecule has 0 unspecified atom stereocenters. The summed E-state index contributed by atoms with van der Waals surface area (Å²) in [4.78, 5) is 25.4. The van der Waals surface area contributed by atoms with Crippen LogP contribution in [0.1, 0.15) is 32.1 Å². The van der Waals surface area contributed by atoms with E-state index in [1.807, 2.05) is 37.3 Å². The lowest BCUT2D eigenvalue weighted by atomic mass is 10.1. The van der Waals surface area contributed by atoms with Crippen LogP contribution in [0.2, 0.25) is 0 Å². The average molecular weight is 395 g/mol. The molecule has 2 aromatic heterocycles. The number of pyridine rings is 1. The molecule has 5 heteroatoms. The Balaban J connectivity index is 2.15. The zero-order chi connectivity index (χ0) is 18.0. The molecule has 124 valence electrons. The SMILES string of the molecule is C#CCNC(=O)c1cc(C(=O)c2ccc(Br)cc2)n2c(C)cccc12. The zero-order valence-electron chi connectivity index (χ0n) is 13.5. The molecule has 0 aliphatic carbocycles. The highest BCUT2D eigenvalue weighted by atomic mass is 79.9. The van der Waals surface area contributed by atoms with Crippen LogP contribution in [0, 0.1) is 19.3 Å². The molecule has 1 aromatic carbocycles. The molecule has 0 saturated heterocycles. The molecule has 0 radical (unpaired) electrons. The van der Waals surface area contributed by atoms with Crippen LogP contribution in [-0.4, -0.2) is 22.6 Å². The molecule has 0 atom stereocenters. The second kappa shape index (κ2) is 6.96. The minimum Gasteiger partial charge on any atom is -0.341 e. The van der Waals surface area contributed by atoms with Gasteiger partial charge in [0.25, 0.3) is 5.91 Å². The van der Waals surface area contributed by atoms with Crippen molar-refractivity contribution in [3.8, 4) is 12.3 Å². The number of amides is 1. The molecule has 0 fully saturated rings. The Bertz CT molecular complexity index is 1010. The summed E-state index contributed by atoms with van der Waals surface area (Å²) in [5.41, 5.74) is 2.98. The van der Waals surface area contributed by atoms with Crippen LogP contribution in [0.5, 0.6) is 0 Å². The van der Waals surface area contributed by atoms with Gasteiger partial charge in [-0.2, -0.15) is 0 Å². The maximum atomic E-state index is 13.0. The summed E-state index contributed by atoms with van der Waals surface area (Å²) in [5.74, 6) is 1.94. The molecule has 1 N–H and O–H groups in total. The molecule has 1 amide bonds. The number of carbonyl (C=O) groups excluding carboxylic acids is 2. The second-order valence-electron chi connectivity index (χ2n) is 5.55. The standard InChI is InChI=1S/C20H15BrN2O2/c1-3-11-22-20(25)16-12-18(23-13(2)5-4-6-17(16)23)19(24)14-7-9-15(21)10-8-14/h1,4-10,12H,11H2,2H3,(H,22,25). The maximum absolute atomic E-state index is 13.0. The Kier molecular flexibility index (Phi) is 4.73. The Morgan fingerprint density at radius 3 is 2.60 bits per heavy atom. The number of ketones is 1. The quantitative estimate of drug-likeness (QED) is 0.542. The van der Waals surface area contributed by atoms with Crippen LogP contribution in [-0.2, 0) is 0 Å². The first kappa shape index (κ1) is 17.0. The van der Waals surface area contributed by atoms with Crippen molar-refractivity contribution in [3.05, 3.63) is 75.5 Å². The lowest BCUT2D eigenvalue weighted by Gasteiger charge is -2.06. The third kappa shape index (κ3) is 3.21. The van der Waals surface area contributed by atoms with Crippen molar-refractivity contribution >= 4 is 33.1 Å². The van der Waals surface area contributed by atoms with E-state index in [0.717, 1.165) is 10.2 Å². The van der Waals surface area contributed by atoms with E-state index in [2.05, 4.69) is 27.2 Å². The van der Waals surface area contributed by atoms with E-state index in [1.165, 1.54) is 0 Å². The highest BCUT2D eigenvalue weighted by Gasteiger charge is 2.21. The first-order valence-corrected chi connectivity index (χ1v) is 8.45. The van der Waals surface area contributed by atoms with Crippen molar-refractivity contribution in [3.63, 3.8) is 0 Å². The van der Waals surface area contributed by atoms with Gasteiger partial charge >= 0.3 is 0 Å². The van der Waals surface area contributed by atoms with Crippen LogP contribution < -0.4 is 5.32 Å². The molecule has 0 bridgehead atoms. The third-order valence-corrected chi connectivity index (χ3v) is 4.45. The number of fused-ring (bicyclic) bond motifs is 1. The molecule has 0 spiro atoms. The third-order valence-electron chi connectivity index (χ3n) is 3.92. The molecule has 3 aromatic rings. The van der Waals surface area contributed by atoms with Gasteiger partial charge in [-0.25, -0.2) is 0 Å². The van der Waals surface area contributed by atoms with Gasteiger partial charge in [-0.05, 0) is 49.4 Å². The molecule has 25 heavy (non-hydrogen) atoms. The highest BCUT2D eigenvalue weighted by molar-refractivity contribution is 9.10. The summed E-state index contributed by atoms with van der Waals surface area (Å²) < 4.78 is 2.70. The maximum Gasteiger partial charge on any atom is 0.254 e. The first-order valence-electron chi connectivity index (χ1n) is 7.66. The summed E-state index contributed by atoms with van der Waals surface area (Å²) in [7, 11) is 0. The van der Waals surface area contributed by atoms with Crippen molar-refractivity contribution in [1.29, 1.82) is 0 Å². The number of rotatable bonds is 4. The lowest BCUT2D eigenvalue weighted by molar-refractivity contribution is 0.0960. The normalized spacial score (nSPS) is 10.4. The van der Waals surface area contributed by atoms with E-state index < -0.39 is 0 Å². The topological polar surface area (TPSA) is 50.6 Å². The van der Waals surface area contributed by atoms with Gasteiger partial charge in [0.1, 0.15) is 0 Å². The van der Waals surface area contributed by atoms with E-state index in [0.29, 0.717) is 22.3 Å². The Labute approximate surface area is 154 Å². The van der Waals surface area contributed by atoms with Crippen LogP contribution >= 0.6 is 15.9 Å². The fraction of sp³-hybridized carbons (Fsp3) is 0.100. The van der Waals surface area contributed by atoms with Crippen molar-refractivity contribution in [2.75, 3.05) is 6.54 Å². The number of benzene rings is 1. The number of nitrogens with one attached hydrogen (secondary N) is 1. The van der Waals surface area contributed by atoms with Crippen molar-refractivity contribution in [1.82, 2.24) is 9.72 Å². The molecule has 3 rings (SSSR count). The van der Waals surface area contributed by atoms with Gasteiger partial charge in [-0.3, -0.25) is 9.59 Å². The first-order chi connectivity index (χ1) is 12.0. The summed E-state index contributed by atoms with van der Waals surface area (Å²) >= 11 is 3.36. The Hall–Kier alpha value is -2.84. The number of aryl methyl sites for hydroxylation is 1. The molecule has 0 aliphatic rings. The molecule has 0 aliphatic heterocycles. The minimum atomic E-state index is -0.295. The van der Waals surface area contributed by atoms with Crippen LogP contribution in [0.15, 0.2) is 53.0 Å². The van der Waals surface area contributed by atoms with E-state index in [4.69, 9.17) is 6.42 Å². The number of nitrogens with zero attached hydrogens (tertiary/aromatic N) is 1. The molecule has 2 heterocycles. The largest absolute Gasteiger partial charge is 0.341 e. The minimum absolute atomic E-state index is 0.137. The Morgan fingerprint density at radius 2 is 1.92 bits per heavy atom. The fourth-order valence-electron chi connectivity index (χ4n) is 2.75. The van der Waals surface area contributed by atoms with Crippen LogP contribution in [0.25, 0.3) is 5.52 Å². The van der Waals surface area contributed by atoms with Crippen molar-refractivity contribution in [2.24, 2.45) is 0 Å². The average Bonchev–Trinajstić information content (AvgIpc) is 3.01. The zero-order valence-corrected chi connectivity index (χ0v) is 15.1. The van der Waals surface area contributed by atoms with Crippen LogP contribution in [0.3, 0.4) is 0 Å². The van der Waals surface area contributed by atoms with Gasteiger partial charge in [0.2, 0.25) is 5.78 Å². The lowest BCUT2D eigenvalue weighted by Crippen LogP contribution is -2.23. The smallest absolute Gasteiger partial charge is 0.254 e. The van der Waals surface area contributed by atoms with E-state index in [9.17, 15) is 9.59 Å². The predicted molar refractivity (Wildman–Crippen MR) is 101 cm³/mol. The molecule has 0 saturated carbocycles. The van der Waals surface area contributed by atoms with Crippen molar-refractivity contribution < 1.29 is 9.59 Å². The second-order valence-corrected chi connectivity index (χ2v) is 6.47.